The minimum absolute atomic E-state index is 0.0910. The van der Waals surface area contributed by atoms with Crippen molar-refractivity contribution in [1.82, 2.24) is 20.4 Å². The van der Waals surface area contributed by atoms with Gasteiger partial charge in [-0.15, -0.1) is 0 Å². The zero-order valence-corrected chi connectivity index (χ0v) is 13.7. The van der Waals surface area contributed by atoms with Gasteiger partial charge >= 0.3 is 0 Å². The number of anilines is 1. The Kier molecular flexibility index (Phi) is 3.99. The van der Waals surface area contributed by atoms with Gasteiger partial charge in [0.25, 0.3) is 0 Å². The van der Waals surface area contributed by atoms with Gasteiger partial charge in [0.15, 0.2) is 5.16 Å². The molecule has 8 heteroatoms. The minimum Gasteiger partial charge on any atom is -0.325 e. The number of imidazole rings is 1. The van der Waals surface area contributed by atoms with Gasteiger partial charge in [-0.2, -0.15) is 0 Å². The number of benzene rings is 1. The molecule has 0 aliphatic carbocycles. The van der Waals surface area contributed by atoms with Crippen LogP contribution in [0.1, 0.15) is 12.8 Å². The molecule has 2 aliphatic rings. The summed E-state index contributed by atoms with van der Waals surface area (Å²) in [5.74, 6) is 0.825. The lowest BCUT2D eigenvalue weighted by atomic mass is 10.1. The number of nitrogens with zero attached hydrogens (tertiary/aromatic N) is 2. The molecular weight excluding hydrogens is 326 g/mol. The highest BCUT2D eigenvalue weighted by atomic mass is 32.2. The molecule has 7 nitrogen and oxygen atoms in total. The minimum atomic E-state index is -0.417. The van der Waals surface area contributed by atoms with Crippen LogP contribution in [0.25, 0.3) is 11.3 Å². The highest BCUT2D eigenvalue weighted by molar-refractivity contribution is 7.99. The van der Waals surface area contributed by atoms with Crippen LogP contribution in [0.2, 0.25) is 0 Å². The van der Waals surface area contributed by atoms with Gasteiger partial charge in [0.05, 0.1) is 5.69 Å². The molecule has 0 bridgehead atoms. The van der Waals surface area contributed by atoms with Crippen molar-refractivity contribution in [3.8, 4) is 11.3 Å². The molecule has 2 aliphatic heterocycles. The Labute approximate surface area is 143 Å². The van der Waals surface area contributed by atoms with E-state index in [0.717, 1.165) is 34.4 Å². The summed E-state index contributed by atoms with van der Waals surface area (Å²) in [5.41, 5.74) is 7.83. The van der Waals surface area contributed by atoms with Crippen LogP contribution >= 0.6 is 11.8 Å². The average Bonchev–Trinajstić information content (AvgIpc) is 3.17. The predicted octanol–water partition coefficient (Wildman–Crippen LogP) is 1.38. The third kappa shape index (κ3) is 3.02. The molecule has 1 fully saturated rings. The zero-order chi connectivity index (χ0) is 16.5. The van der Waals surface area contributed by atoms with Crippen LogP contribution in [-0.2, 0) is 16.1 Å². The van der Waals surface area contributed by atoms with Crippen molar-refractivity contribution < 1.29 is 9.59 Å². The summed E-state index contributed by atoms with van der Waals surface area (Å²) >= 11 is 1.76. The molecule has 3 N–H and O–H groups in total. The normalized spacial score (nSPS) is 19.7. The second-order valence-electron chi connectivity index (χ2n) is 5.80. The number of thioether (sulfide) groups is 1. The van der Waals surface area contributed by atoms with Crippen molar-refractivity contribution in [3.63, 3.8) is 0 Å². The van der Waals surface area contributed by atoms with E-state index < -0.39 is 6.04 Å². The summed E-state index contributed by atoms with van der Waals surface area (Å²) in [7, 11) is 0. The molecule has 0 radical (unpaired) electrons. The van der Waals surface area contributed by atoms with Crippen molar-refractivity contribution in [1.29, 1.82) is 0 Å². The largest absolute Gasteiger partial charge is 0.325 e. The fourth-order valence-electron chi connectivity index (χ4n) is 2.81. The Bertz CT molecular complexity index is 772. The number of carbonyl (C=O) groups is 2. The fraction of sp³-hybridized carbons (Fsp3) is 0.312. The molecule has 1 unspecified atom stereocenters. The summed E-state index contributed by atoms with van der Waals surface area (Å²) in [6.45, 7) is 0.989. The second kappa shape index (κ2) is 6.29. The lowest BCUT2D eigenvalue weighted by molar-refractivity contribution is -0.126. The van der Waals surface area contributed by atoms with Gasteiger partial charge in [0.2, 0.25) is 11.8 Å². The van der Waals surface area contributed by atoms with Crippen LogP contribution in [0.4, 0.5) is 5.69 Å². The summed E-state index contributed by atoms with van der Waals surface area (Å²) < 4.78 is 2.15. The second-order valence-corrected chi connectivity index (χ2v) is 6.87. The van der Waals surface area contributed by atoms with E-state index in [-0.39, 0.29) is 11.8 Å². The smallest absolute Gasteiger partial charge is 0.243 e. The maximum absolute atomic E-state index is 12.3. The van der Waals surface area contributed by atoms with Crippen molar-refractivity contribution in [2.24, 2.45) is 0 Å². The van der Waals surface area contributed by atoms with Gasteiger partial charge in [-0.05, 0) is 18.6 Å². The fourth-order valence-corrected chi connectivity index (χ4v) is 3.75. The van der Waals surface area contributed by atoms with E-state index in [1.165, 1.54) is 0 Å². The number of amides is 2. The molecule has 1 aromatic carbocycles. The molecule has 0 spiro atoms. The van der Waals surface area contributed by atoms with Gasteiger partial charge in [-0.25, -0.2) is 10.4 Å². The number of hydrazine groups is 1. The van der Waals surface area contributed by atoms with Crippen LogP contribution in [0, 0.1) is 0 Å². The lowest BCUT2D eigenvalue weighted by Crippen LogP contribution is -2.54. The first-order chi connectivity index (χ1) is 11.7. The van der Waals surface area contributed by atoms with Gasteiger partial charge in [0, 0.05) is 36.2 Å². The van der Waals surface area contributed by atoms with Crippen LogP contribution in [0.15, 0.2) is 35.6 Å². The van der Waals surface area contributed by atoms with E-state index in [1.54, 1.807) is 11.8 Å². The monoisotopic (exact) mass is 343 g/mol. The SMILES string of the molecule is O=C1CCC(C(=O)Nc2cccc(-c3cn4c(n3)SCC4)c2)NN1. The summed E-state index contributed by atoms with van der Waals surface area (Å²) in [4.78, 5) is 28.1. The van der Waals surface area contributed by atoms with Crippen LogP contribution in [-0.4, -0.2) is 33.2 Å². The standard InChI is InChI=1S/C16H17N5O2S/c22-14-5-4-12(19-20-14)15(23)17-11-3-1-2-10(8-11)13-9-21-6-7-24-16(21)18-13/h1-3,8-9,12,19H,4-7H2,(H,17,23)(H,20,22). The quantitative estimate of drug-likeness (QED) is 0.784. The highest BCUT2D eigenvalue weighted by Gasteiger charge is 2.24. The Balaban J connectivity index is 1.48. The molecule has 124 valence electrons. The highest BCUT2D eigenvalue weighted by Crippen LogP contribution is 2.29. The summed E-state index contributed by atoms with van der Waals surface area (Å²) in [6.07, 6.45) is 2.89. The average molecular weight is 343 g/mol. The van der Waals surface area contributed by atoms with E-state index in [0.29, 0.717) is 12.8 Å². The maximum Gasteiger partial charge on any atom is 0.243 e. The number of fused-ring (bicyclic) bond motifs is 1. The number of aromatic nitrogens is 2. The van der Waals surface area contributed by atoms with Gasteiger partial charge in [-0.3, -0.25) is 15.0 Å². The first kappa shape index (κ1) is 15.2. The van der Waals surface area contributed by atoms with Crippen LogP contribution in [0.3, 0.4) is 0 Å². The van der Waals surface area contributed by atoms with Gasteiger partial charge in [0.1, 0.15) is 6.04 Å². The van der Waals surface area contributed by atoms with Crippen molar-refractivity contribution >= 4 is 29.3 Å². The Morgan fingerprint density at radius 2 is 2.33 bits per heavy atom. The van der Waals surface area contributed by atoms with E-state index in [2.05, 4.69) is 31.9 Å². The topological polar surface area (TPSA) is 88.0 Å². The first-order valence-corrected chi connectivity index (χ1v) is 8.83. The molecule has 0 saturated carbocycles. The van der Waals surface area contributed by atoms with Crippen LogP contribution in [0.5, 0.6) is 0 Å². The molecule has 1 aromatic heterocycles. The Morgan fingerprint density at radius 3 is 3.12 bits per heavy atom. The maximum atomic E-state index is 12.3. The van der Waals surface area contributed by atoms with E-state index in [1.807, 2.05) is 24.3 Å². The molecule has 1 atom stereocenters. The van der Waals surface area contributed by atoms with Crippen molar-refractivity contribution in [2.75, 3.05) is 11.1 Å². The van der Waals surface area contributed by atoms with Crippen molar-refractivity contribution in [3.05, 3.63) is 30.5 Å². The molecule has 2 aromatic rings. The Morgan fingerprint density at radius 1 is 1.42 bits per heavy atom. The number of rotatable bonds is 3. The van der Waals surface area contributed by atoms with E-state index in [4.69, 9.17) is 0 Å². The molecular formula is C16H17N5O2S. The molecule has 24 heavy (non-hydrogen) atoms. The molecule has 3 heterocycles. The third-order valence-electron chi connectivity index (χ3n) is 4.09. The van der Waals surface area contributed by atoms with Crippen molar-refractivity contribution in [2.45, 2.75) is 30.6 Å². The van der Waals surface area contributed by atoms with Crippen LogP contribution < -0.4 is 16.2 Å². The number of aryl methyl sites for hydroxylation is 1. The first-order valence-electron chi connectivity index (χ1n) is 7.85. The summed E-state index contributed by atoms with van der Waals surface area (Å²) in [5, 5.41) is 3.94. The third-order valence-corrected chi connectivity index (χ3v) is 5.06. The van der Waals surface area contributed by atoms with E-state index in [9.17, 15) is 9.59 Å². The lowest BCUT2D eigenvalue weighted by Gasteiger charge is -2.23. The number of hydrogen-bond acceptors (Lipinski definition) is 5. The number of nitrogens with one attached hydrogen (secondary N) is 3. The predicted molar refractivity (Wildman–Crippen MR) is 91.3 cm³/mol. The molecule has 1 saturated heterocycles. The van der Waals surface area contributed by atoms with Gasteiger partial charge < -0.3 is 9.88 Å². The Hall–Kier alpha value is -2.32. The number of carbonyl (C=O) groups excluding carboxylic acids is 2. The molecule has 4 rings (SSSR count). The molecule has 2 amide bonds. The summed E-state index contributed by atoms with van der Waals surface area (Å²) in [6, 6.07) is 7.23. The van der Waals surface area contributed by atoms with E-state index >= 15 is 0 Å². The zero-order valence-electron chi connectivity index (χ0n) is 12.9. The van der Waals surface area contributed by atoms with Gasteiger partial charge in [-0.1, -0.05) is 23.9 Å². The number of hydrogen-bond donors (Lipinski definition) is 3.